The van der Waals surface area contributed by atoms with Crippen molar-refractivity contribution in [2.24, 2.45) is 0 Å². The van der Waals surface area contributed by atoms with E-state index in [1.54, 1.807) is 47.0 Å². The van der Waals surface area contributed by atoms with Crippen molar-refractivity contribution in [3.63, 3.8) is 0 Å². The van der Waals surface area contributed by atoms with Gasteiger partial charge in [0.2, 0.25) is 0 Å². The van der Waals surface area contributed by atoms with Crippen molar-refractivity contribution in [3.8, 4) is 17.2 Å². The molecular weight excluding hydrogens is 453 g/mol. The topological polar surface area (TPSA) is 61.2 Å². The molecule has 0 spiro atoms. The Hall–Kier alpha value is -3.33. The number of hydrogen-bond donors (Lipinski definition) is 0. The van der Waals surface area contributed by atoms with E-state index in [0.29, 0.717) is 41.4 Å². The van der Waals surface area contributed by atoms with Gasteiger partial charge < -0.3 is 4.74 Å². The van der Waals surface area contributed by atoms with Crippen LogP contribution in [0.1, 0.15) is 24.7 Å². The third-order valence-electron chi connectivity index (χ3n) is 5.08. The number of benzene rings is 3. The van der Waals surface area contributed by atoms with E-state index in [4.69, 9.17) is 4.74 Å². The highest BCUT2D eigenvalue weighted by molar-refractivity contribution is 7.90. The van der Waals surface area contributed by atoms with Gasteiger partial charge in [-0.25, -0.2) is 13.4 Å². The Morgan fingerprint density at radius 1 is 0.970 bits per heavy atom. The SMILES string of the molecule is CCCc1nc2c(C(F)(F)F)cccc2n1-c1cccc(Oc2cccc(S(C)(=O)=O)c2)c1. The van der Waals surface area contributed by atoms with E-state index < -0.39 is 21.6 Å². The molecule has 0 amide bonds. The largest absolute Gasteiger partial charge is 0.457 e. The van der Waals surface area contributed by atoms with Crippen LogP contribution in [0.15, 0.2) is 71.6 Å². The van der Waals surface area contributed by atoms with Gasteiger partial charge in [-0.1, -0.05) is 25.1 Å². The van der Waals surface area contributed by atoms with Crippen LogP contribution >= 0.6 is 0 Å². The van der Waals surface area contributed by atoms with Gasteiger partial charge in [-0.15, -0.1) is 0 Å². The monoisotopic (exact) mass is 474 g/mol. The third kappa shape index (κ3) is 4.73. The molecule has 1 aromatic heterocycles. The standard InChI is InChI=1S/C24H21F3N2O3S/c1-3-7-22-28-23-20(24(25,26)27)12-6-13-21(23)29(22)16-8-4-9-17(14-16)32-18-10-5-11-19(15-18)33(2,30)31/h4-6,8-15H,3,7H2,1-2H3. The highest BCUT2D eigenvalue weighted by Crippen LogP contribution is 2.36. The average Bonchev–Trinajstić information content (AvgIpc) is 3.11. The van der Waals surface area contributed by atoms with Gasteiger partial charge in [-0.2, -0.15) is 13.2 Å². The summed E-state index contributed by atoms with van der Waals surface area (Å²) in [6.45, 7) is 1.93. The fourth-order valence-corrected chi connectivity index (χ4v) is 4.30. The first-order valence-corrected chi connectivity index (χ1v) is 12.1. The summed E-state index contributed by atoms with van der Waals surface area (Å²) in [7, 11) is -3.40. The van der Waals surface area contributed by atoms with Crippen LogP contribution in [0.3, 0.4) is 0 Å². The molecule has 4 aromatic rings. The third-order valence-corrected chi connectivity index (χ3v) is 6.19. The van der Waals surface area contributed by atoms with Gasteiger partial charge in [-0.05, 0) is 48.9 Å². The van der Waals surface area contributed by atoms with Gasteiger partial charge in [0.25, 0.3) is 0 Å². The van der Waals surface area contributed by atoms with Crippen LogP contribution in [0.2, 0.25) is 0 Å². The number of nitrogens with zero attached hydrogens (tertiary/aromatic N) is 2. The Morgan fingerprint density at radius 2 is 1.64 bits per heavy atom. The predicted octanol–water partition coefficient (Wildman–Crippen LogP) is 6.19. The molecule has 1 heterocycles. The minimum atomic E-state index is -4.52. The number of sulfone groups is 1. The second-order valence-electron chi connectivity index (χ2n) is 7.63. The quantitative estimate of drug-likeness (QED) is 0.334. The lowest BCUT2D eigenvalue weighted by Gasteiger charge is -2.12. The lowest BCUT2D eigenvalue weighted by molar-refractivity contribution is -0.136. The molecule has 0 saturated carbocycles. The van der Waals surface area contributed by atoms with Gasteiger partial charge in [0.15, 0.2) is 9.84 Å². The zero-order chi connectivity index (χ0) is 23.8. The number of para-hydroxylation sites is 1. The van der Waals surface area contributed by atoms with Crippen molar-refractivity contribution in [2.75, 3.05) is 6.26 Å². The van der Waals surface area contributed by atoms with Crippen molar-refractivity contribution in [1.82, 2.24) is 9.55 Å². The van der Waals surface area contributed by atoms with Gasteiger partial charge >= 0.3 is 6.18 Å². The Balaban J connectivity index is 1.80. The number of hydrogen-bond acceptors (Lipinski definition) is 4. The molecule has 0 saturated heterocycles. The lowest BCUT2D eigenvalue weighted by Crippen LogP contribution is -2.05. The second-order valence-corrected chi connectivity index (χ2v) is 9.65. The molecule has 0 aliphatic carbocycles. The van der Waals surface area contributed by atoms with Crippen LogP contribution in [0.5, 0.6) is 11.5 Å². The summed E-state index contributed by atoms with van der Waals surface area (Å²) in [6.07, 6.45) is -2.20. The van der Waals surface area contributed by atoms with Crippen LogP contribution in [0.4, 0.5) is 13.2 Å². The van der Waals surface area contributed by atoms with Crippen molar-refractivity contribution in [1.29, 1.82) is 0 Å². The summed E-state index contributed by atoms with van der Waals surface area (Å²) in [5.74, 6) is 1.26. The summed E-state index contributed by atoms with van der Waals surface area (Å²) >= 11 is 0. The molecule has 33 heavy (non-hydrogen) atoms. The fourth-order valence-electron chi connectivity index (χ4n) is 3.65. The van der Waals surface area contributed by atoms with Gasteiger partial charge in [0, 0.05) is 18.7 Å². The number of halogens is 3. The average molecular weight is 475 g/mol. The second kappa shape index (κ2) is 8.55. The zero-order valence-corrected chi connectivity index (χ0v) is 18.7. The molecule has 3 aromatic carbocycles. The first-order chi connectivity index (χ1) is 15.6. The zero-order valence-electron chi connectivity index (χ0n) is 17.9. The highest BCUT2D eigenvalue weighted by Gasteiger charge is 2.34. The van der Waals surface area contributed by atoms with E-state index in [-0.39, 0.29) is 10.4 Å². The van der Waals surface area contributed by atoms with E-state index in [1.165, 1.54) is 18.2 Å². The molecule has 5 nitrogen and oxygen atoms in total. The first kappa shape index (κ1) is 22.8. The minimum Gasteiger partial charge on any atom is -0.457 e. The minimum absolute atomic E-state index is 0.0966. The smallest absolute Gasteiger partial charge is 0.418 e. The molecule has 172 valence electrons. The maximum absolute atomic E-state index is 13.6. The number of aromatic nitrogens is 2. The number of aryl methyl sites for hydroxylation is 1. The molecule has 4 rings (SSSR count). The first-order valence-electron chi connectivity index (χ1n) is 10.2. The summed E-state index contributed by atoms with van der Waals surface area (Å²) in [4.78, 5) is 4.46. The van der Waals surface area contributed by atoms with Crippen molar-refractivity contribution in [3.05, 3.63) is 78.1 Å². The number of ether oxygens (including phenoxy) is 1. The van der Waals surface area contributed by atoms with Crippen molar-refractivity contribution < 1.29 is 26.3 Å². The molecule has 0 radical (unpaired) electrons. The molecule has 0 N–H and O–H groups in total. The molecule has 0 aliphatic rings. The molecule has 0 bridgehead atoms. The van der Waals surface area contributed by atoms with Crippen LogP contribution in [0.25, 0.3) is 16.7 Å². The van der Waals surface area contributed by atoms with E-state index in [0.717, 1.165) is 12.3 Å². The molecule has 0 fully saturated rings. The Kier molecular flexibility index (Phi) is 5.92. The van der Waals surface area contributed by atoms with E-state index >= 15 is 0 Å². The molecule has 0 atom stereocenters. The van der Waals surface area contributed by atoms with E-state index in [2.05, 4.69) is 4.98 Å². The maximum atomic E-state index is 13.6. The highest BCUT2D eigenvalue weighted by atomic mass is 32.2. The van der Waals surface area contributed by atoms with Crippen LogP contribution in [-0.2, 0) is 22.4 Å². The van der Waals surface area contributed by atoms with Gasteiger partial charge in [0.1, 0.15) is 22.8 Å². The number of alkyl halides is 3. The van der Waals surface area contributed by atoms with Gasteiger partial charge in [0.05, 0.1) is 21.7 Å². The predicted molar refractivity (Wildman–Crippen MR) is 120 cm³/mol. The number of rotatable bonds is 6. The number of fused-ring (bicyclic) bond motifs is 1. The van der Waals surface area contributed by atoms with E-state index in [9.17, 15) is 21.6 Å². The number of imidazole rings is 1. The fraction of sp³-hybridized carbons (Fsp3) is 0.208. The Bertz CT molecular complexity index is 1430. The molecule has 0 aliphatic heterocycles. The molecule has 9 heteroatoms. The van der Waals surface area contributed by atoms with E-state index in [1.807, 2.05) is 6.92 Å². The van der Waals surface area contributed by atoms with Crippen LogP contribution in [0, 0.1) is 0 Å². The van der Waals surface area contributed by atoms with Gasteiger partial charge in [-0.3, -0.25) is 4.57 Å². The molecule has 0 unspecified atom stereocenters. The summed E-state index contributed by atoms with van der Waals surface area (Å²) in [6, 6.07) is 17.0. The Morgan fingerprint density at radius 3 is 2.30 bits per heavy atom. The van der Waals surface area contributed by atoms with Crippen molar-refractivity contribution >= 4 is 20.9 Å². The summed E-state index contributed by atoms with van der Waals surface area (Å²) < 4.78 is 71.9. The summed E-state index contributed by atoms with van der Waals surface area (Å²) in [5, 5.41) is 0. The van der Waals surface area contributed by atoms with Crippen LogP contribution < -0.4 is 4.74 Å². The Labute approximate surface area is 189 Å². The van der Waals surface area contributed by atoms with Crippen molar-refractivity contribution in [2.45, 2.75) is 30.8 Å². The maximum Gasteiger partial charge on any atom is 0.418 e. The van der Waals surface area contributed by atoms with Crippen LogP contribution in [-0.4, -0.2) is 24.2 Å². The normalized spacial score (nSPS) is 12.3. The molecular formula is C24H21F3N2O3S. The summed E-state index contributed by atoms with van der Waals surface area (Å²) in [5.41, 5.74) is 0.0725. The lowest BCUT2D eigenvalue weighted by atomic mass is 10.1.